The Hall–Kier alpha value is -2.29. The average molecular weight is 235 g/mol. The number of hydrogen-bond donors (Lipinski definition) is 1. The first kappa shape index (κ1) is 12.8. The van der Waals surface area contributed by atoms with Gasteiger partial charge in [-0.3, -0.25) is 4.79 Å². The van der Waals surface area contributed by atoms with Gasteiger partial charge in [0.05, 0.1) is 12.6 Å². The summed E-state index contributed by atoms with van der Waals surface area (Å²) in [6, 6.07) is 2.66. The summed E-state index contributed by atoms with van der Waals surface area (Å²) in [6.07, 6.45) is 5.24. The van der Waals surface area contributed by atoms with Crippen LogP contribution in [0.3, 0.4) is 0 Å². The minimum Gasteiger partial charge on any atom is -0.358 e. The molecule has 0 unspecified atom stereocenters. The van der Waals surface area contributed by atoms with Crippen LogP contribution in [-0.2, 0) is 7.05 Å². The van der Waals surface area contributed by atoms with Crippen molar-refractivity contribution in [1.29, 1.82) is 0 Å². The molecule has 0 aliphatic carbocycles. The third kappa shape index (κ3) is 2.64. The number of carbonyl (C=O) groups is 1. The fraction of sp³-hybridized carbons (Fsp3) is 0.364. The van der Waals surface area contributed by atoms with Crippen LogP contribution in [0.4, 0.5) is 5.82 Å². The second kappa shape index (κ2) is 4.29. The summed E-state index contributed by atoms with van der Waals surface area (Å²) in [5, 5.41) is 13.2. The lowest BCUT2D eigenvalue weighted by atomic mass is 10.1. The molecule has 0 aromatic carbocycles. The molecule has 0 aliphatic heterocycles. The highest BCUT2D eigenvalue weighted by atomic mass is 16.6. The molecule has 0 radical (unpaired) electrons. The Labute approximate surface area is 98.8 Å². The quantitative estimate of drug-likeness (QED) is 0.483. The van der Waals surface area contributed by atoms with E-state index in [1.54, 1.807) is 13.8 Å². The van der Waals surface area contributed by atoms with Crippen LogP contribution in [0.2, 0.25) is 0 Å². The van der Waals surface area contributed by atoms with Crippen molar-refractivity contribution < 1.29 is 9.72 Å². The Balaban J connectivity index is 3.00. The number of nitrogens with zero attached hydrogens (tertiary/aromatic N) is 2. The maximum Gasteiger partial charge on any atom is 0.323 e. The van der Waals surface area contributed by atoms with Crippen molar-refractivity contribution in [2.45, 2.75) is 19.4 Å². The van der Waals surface area contributed by atoms with Gasteiger partial charge in [0.25, 0.3) is 5.91 Å². The highest BCUT2D eigenvalue weighted by molar-refractivity contribution is 5.94. The molecule has 1 rings (SSSR count). The van der Waals surface area contributed by atoms with Gasteiger partial charge in [-0.1, -0.05) is 5.92 Å². The molecule has 1 amide bonds. The summed E-state index contributed by atoms with van der Waals surface area (Å²) < 4.78 is 1.21. The van der Waals surface area contributed by atoms with Crippen molar-refractivity contribution in [2.75, 3.05) is 0 Å². The van der Waals surface area contributed by atoms with Gasteiger partial charge in [-0.2, -0.15) is 0 Å². The van der Waals surface area contributed by atoms with Crippen LogP contribution in [0.25, 0.3) is 0 Å². The fourth-order valence-corrected chi connectivity index (χ4v) is 1.30. The Morgan fingerprint density at radius 1 is 1.59 bits per heavy atom. The average Bonchev–Trinajstić information content (AvgIpc) is 2.59. The van der Waals surface area contributed by atoms with E-state index in [4.69, 9.17) is 6.42 Å². The van der Waals surface area contributed by atoms with Gasteiger partial charge in [0.15, 0.2) is 5.69 Å². The molecule has 1 aromatic heterocycles. The van der Waals surface area contributed by atoms with Gasteiger partial charge in [0.1, 0.15) is 0 Å². The van der Waals surface area contributed by atoms with Crippen LogP contribution in [0.5, 0.6) is 0 Å². The first-order chi connectivity index (χ1) is 7.78. The smallest absolute Gasteiger partial charge is 0.323 e. The highest BCUT2D eigenvalue weighted by Crippen LogP contribution is 2.15. The molecule has 0 fully saturated rings. The molecule has 1 heterocycles. The maximum atomic E-state index is 11.8. The van der Waals surface area contributed by atoms with Gasteiger partial charge >= 0.3 is 5.82 Å². The largest absolute Gasteiger partial charge is 0.358 e. The van der Waals surface area contributed by atoms with Gasteiger partial charge in [-0.05, 0) is 24.8 Å². The molecule has 90 valence electrons. The van der Waals surface area contributed by atoms with E-state index in [1.165, 1.54) is 23.7 Å². The number of nitrogens with one attached hydrogen (secondary N) is 1. The summed E-state index contributed by atoms with van der Waals surface area (Å²) in [4.78, 5) is 21.9. The van der Waals surface area contributed by atoms with Gasteiger partial charge < -0.3 is 15.4 Å². The van der Waals surface area contributed by atoms with Crippen molar-refractivity contribution in [3.8, 4) is 12.3 Å². The number of carbonyl (C=O) groups excluding carboxylic acids is 1. The van der Waals surface area contributed by atoms with Crippen LogP contribution in [0.1, 0.15) is 24.3 Å². The number of amides is 1. The Morgan fingerprint density at radius 2 is 2.18 bits per heavy atom. The third-order valence-electron chi connectivity index (χ3n) is 2.30. The van der Waals surface area contributed by atoms with E-state index in [2.05, 4.69) is 11.2 Å². The van der Waals surface area contributed by atoms with Crippen LogP contribution >= 0.6 is 0 Å². The first-order valence-electron chi connectivity index (χ1n) is 4.89. The second-order valence-corrected chi connectivity index (χ2v) is 4.12. The Bertz CT molecular complexity index is 509. The Morgan fingerprint density at radius 3 is 2.59 bits per heavy atom. The predicted octanol–water partition coefficient (Wildman–Crippen LogP) is 1.07. The molecule has 1 aromatic rings. The van der Waals surface area contributed by atoms with Crippen LogP contribution < -0.4 is 5.32 Å². The lowest BCUT2D eigenvalue weighted by molar-refractivity contribution is -0.391. The zero-order valence-corrected chi connectivity index (χ0v) is 9.85. The molecule has 17 heavy (non-hydrogen) atoms. The van der Waals surface area contributed by atoms with E-state index in [0.29, 0.717) is 0 Å². The normalized spacial score (nSPS) is 10.7. The fourth-order valence-electron chi connectivity index (χ4n) is 1.30. The minimum absolute atomic E-state index is 0.145. The monoisotopic (exact) mass is 235 g/mol. The summed E-state index contributed by atoms with van der Waals surface area (Å²) in [5.74, 6) is 1.83. The minimum atomic E-state index is -0.796. The summed E-state index contributed by atoms with van der Waals surface area (Å²) in [6.45, 7) is 3.34. The van der Waals surface area contributed by atoms with E-state index >= 15 is 0 Å². The van der Waals surface area contributed by atoms with Gasteiger partial charge in [-0.25, -0.2) is 4.57 Å². The summed E-state index contributed by atoms with van der Waals surface area (Å²) >= 11 is 0. The van der Waals surface area contributed by atoms with E-state index in [1.807, 2.05) is 0 Å². The standard InChI is InChI=1S/C11H13N3O3/c1-5-11(2,3)12-10(15)8-6-7-9(13(8)4)14(16)17/h1,6-7H,2-4H3,(H,12,15). The van der Waals surface area contributed by atoms with Crippen LogP contribution in [0, 0.1) is 22.5 Å². The zero-order chi connectivity index (χ0) is 13.2. The van der Waals surface area contributed by atoms with E-state index in [9.17, 15) is 14.9 Å². The topological polar surface area (TPSA) is 77.2 Å². The summed E-state index contributed by atoms with van der Waals surface area (Å²) in [5.41, 5.74) is -0.601. The maximum absolute atomic E-state index is 11.8. The molecule has 1 N–H and O–H groups in total. The molecular weight excluding hydrogens is 222 g/mol. The zero-order valence-electron chi connectivity index (χ0n) is 9.85. The number of hydrogen-bond acceptors (Lipinski definition) is 3. The summed E-state index contributed by atoms with van der Waals surface area (Å²) in [7, 11) is 1.45. The molecule has 0 bridgehead atoms. The first-order valence-corrected chi connectivity index (χ1v) is 4.89. The lowest BCUT2D eigenvalue weighted by Gasteiger charge is -2.18. The van der Waals surface area contributed by atoms with Crippen molar-refractivity contribution in [1.82, 2.24) is 9.88 Å². The number of aromatic nitrogens is 1. The van der Waals surface area contributed by atoms with Gasteiger partial charge in [-0.15, -0.1) is 6.42 Å². The molecule has 0 aliphatic rings. The third-order valence-corrected chi connectivity index (χ3v) is 2.30. The SMILES string of the molecule is C#CC(C)(C)NC(=O)c1ccc([N+](=O)[O-])n1C. The molecule has 6 nitrogen and oxygen atoms in total. The van der Waals surface area contributed by atoms with E-state index < -0.39 is 16.4 Å². The number of rotatable bonds is 3. The van der Waals surface area contributed by atoms with Crippen molar-refractivity contribution in [2.24, 2.45) is 7.05 Å². The van der Waals surface area contributed by atoms with Gasteiger partial charge in [0.2, 0.25) is 0 Å². The Kier molecular flexibility index (Phi) is 3.23. The number of terminal acetylenes is 1. The van der Waals surface area contributed by atoms with E-state index in [0.717, 1.165) is 0 Å². The van der Waals surface area contributed by atoms with Gasteiger partial charge in [0, 0.05) is 6.07 Å². The van der Waals surface area contributed by atoms with Crippen molar-refractivity contribution >= 4 is 11.7 Å². The molecule has 0 spiro atoms. The highest BCUT2D eigenvalue weighted by Gasteiger charge is 2.24. The number of nitro groups is 1. The molecule has 0 saturated carbocycles. The van der Waals surface area contributed by atoms with Crippen molar-refractivity contribution in [3.05, 3.63) is 27.9 Å². The molecule has 0 saturated heterocycles. The lowest BCUT2D eigenvalue weighted by Crippen LogP contribution is -2.42. The van der Waals surface area contributed by atoms with Crippen LogP contribution in [-0.4, -0.2) is 20.9 Å². The molecule has 6 heteroatoms. The van der Waals surface area contributed by atoms with Crippen molar-refractivity contribution in [3.63, 3.8) is 0 Å². The molecule has 0 atom stereocenters. The van der Waals surface area contributed by atoms with E-state index in [-0.39, 0.29) is 11.5 Å². The van der Waals surface area contributed by atoms with Crippen LogP contribution in [0.15, 0.2) is 12.1 Å². The predicted molar refractivity (Wildman–Crippen MR) is 62.4 cm³/mol. The molecular formula is C11H13N3O3. The second-order valence-electron chi connectivity index (χ2n) is 4.12.